The van der Waals surface area contributed by atoms with Crippen molar-refractivity contribution in [3.63, 3.8) is 0 Å². The monoisotopic (exact) mass is 496 g/mol. The molecule has 1 aromatic heterocycles. The Morgan fingerprint density at radius 1 is 1.05 bits per heavy atom. The molecule has 0 bridgehead atoms. The van der Waals surface area contributed by atoms with Gasteiger partial charge in [0.2, 0.25) is 0 Å². The summed E-state index contributed by atoms with van der Waals surface area (Å²) in [5, 5.41) is 11.0. The van der Waals surface area contributed by atoms with Crippen molar-refractivity contribution in [1.29, 1.82) is 0 Å². The number of nitrogens with zero attached hydrogens (tertiary/aromatic N) is 4. The van der Waals surface area contributed by atoms with Gasteiger partial charge in [-0.05, 0) is 49.2 Å². The second kappa shape index (κ2) is 9.56. The summed E-state index contributed by atoms with van der Waals surface area (Å²) in [6.07, 6.45) is 4.82. The number of allylic oxidation sites excluding steroid dienone is 1. The van der Waals surface area contributed by atoms with E-state index in [-0.39, 0.29) is 12.5 Å². The van der Waals surface area contributed by atoms with Crippen molar-refractivity contribution in [2.24, 2.45) is 5.92 Å². The van der Waals surface area contributed by atoms with Crippen LogP contribution in [-0.2, 0) is 11.2 Å². The zero-order valence-electron chi connectivity index (χ0n) is 21.4. The van der Waals surface area contributed by atoms with Crippen LogP contribution in [0.1, 0.15) is 18.2 Å². The van der Waals surface area contributed by atoms with Crippen LogP contribution in [-0.4, -0.2) is 60.3 Å². The summed E-state index contributed by atoms with van der Waals surface area (Å²) in [6, 6.07) is 16.9. The van der Waals surface area contributed by atoms with Crippen molar-refractivity contribution in [2.45, 2.75) is 20.3 Å². The molecular formula is C30H32N4O3. The number of anilines is 2. The van der Waals surface area contributed by atoms with Crippen LogP contribution in [0.5, 0.6) is 5.75 Å². The molecule has 37 heavy (non-hydrogen) atoms. The first-order valence-electron chi connectivity index (χ1n) is 13.0. The number of fused-ring (bicyclic) bond motifs is 4. The lowest BCUT2D eigenvalue weighted by atomic mass is 9.94. The second-order valence-corrected chi connectivity index (χ2v) is 10.1. The summed E-state index contributed by atoms with van der Waals surface area (Å²) < 4.78 is 6.19. The van der Waals surface area contributed by atoms with Gasteiger partial charge in [0.15, 0.2) is 0 Å². The zero-order chi connectivity index (χ0) is 25.5. The molecule has 7 nitrogen and oxygen atoms in total. The summed E-state index contributed by atoms with van der Waals surface area (Å²) in [5.74, 6) is -0.147. The Hall–Kier alpha value is -3.84. The maximum atomic E-state index is 11.9. The van der Waals surface area contributed by atoms with E-state index < -0.39 is 5.97 Å². The van der Waals surface area contributed by atoms with Gasteiger partial charge in [0.1, 0.15) is 12.4 Å². The molecule has 1 atom stereocenters. The predicted octanol–water partition coefficient (Wildman–Crippen LogP) is 4.61. The van der Waals surface area contributed by atoms with E-state index in [1.54, 1.807) is 0 Å². The lowest BCUT2D eigenvalue weighted by molar-refractivity contribution is -0.133. The highest BCUT2D eigenvalue weighted by Crippen LogP contribution is 2.42. The first-order valence-corrected chi connectivity index (χ1v) is 13.0. The van der Waals surface area contributed by atoms with E-state index in [1.165, 1.54) is 16.6 Å². The van der Waals surface area contributed by atoms with Crippen LogP contribution < -0.4 is 14.5 Å². The van der Waals surface area contributed by atoms with Gasteiger partial charge < -0.3 is 19.6 Å². The smallest absolute Gasteiger partial charge is 0.334 e. The molecule has 1 saturated heterocycles. The number of pyridine rings is 1. The van der Waals surface area contributed by atoms with Gasteiger partial charge in [0.05, 0.1) is 22.5 Å². The van der Waals surface area contributed by atoms with Crippen molar-refractivity contribution in [2.75, 3.05) is 49.1 Å². The Balaban J connectivity index is 1.13. The largest absolute Gasteiger partial charge is 0.485 e. The minimum Gasteiger partial charge on any atom is -0.485 e. The highest BCUT2D eigenvalue weighted by atomic mass is 16.5. The Labute approximate surface area is 217 Å². The van der Waals surface area contributed by atoms with E-state index in [9.17, 15) is 9.90 Å². The number of hydrogen-bond acceptors (Lipinski definition) is 6. The summed E-state index contributed by atoms with van der Waals surface area (Å²) in [4.78, 5) is 23.6. The van der Waals surface area contributed by atoms with Crippen LogP contribution in [0.15, 0.2) is 72.1 Å². The molecule has 190 valence electrons. The van der Waals surface area contributed by atoms with Crippen molar-refractivity contribution in [3.8, 4) is 5.75 Å². The van der Waals surface area contributed by atoms with Gasteiger partial charge in [-0.3, -0.25) is 9.88 Å². The second-order valence-electron chi connectivity index (χ2n) is 10.1. The Kier molecular flexibility index (Phi) is 6.08. The molecule has 0 spiro atoms. The number of carboxylic acid groups (broad SMARTS) is 1. The van der Waals surface area contributed by atoms with Gasteiger partial charge in [-0.15, -0.1) is 0 Å². The fraction of sp³-hybridized carbons (Fsp3) is 0.333. The van der Waals surface area contributed by atoms with E-state index in [4.69, 9.17) is 9.72 Å². The van der Waals surface area contributed by atoms with Crippen molar-refractivity contribution >= 4 is 28.2 Å². The number of aliphatic carboxylic acids is 1. The summed E-state index contributed by atoms with van der Waals surface area (Å²) >= 11 is 0. The standard InChI is InChI=1S/C30H32N4O3/c1-20-11-14-34-26-8-3-5-22(29(26)37-19-27(34)28(20)30(35)36)12-13-32-15-17-33(18-16-32)25-7-4-6-24-23(25)10-9-21(2)31-24/h3-11,14,20H,12-13,15-19H2,1-2H3,(H,35,36). The van der Waals surface area contributed by atoms with Crippen LogP contribution in [0.25, 0.3) is 10.9 Å². The van der Waals surface area contributed by atoms with Crippen molar-refractivity contribution < 1.29 is 14.6 Å². The number of carboxylic acids is 1. The van der Waals surface area contributed by atoms with Gasteiger partial charge in [-0.1, -0.05) is 31.2 Å². The van der Waals surface area contributed by atoms with Gasteiger partial charge in [-0.2, -0.15) is 0 Å². The fourth-order valence-electron chi connectivity index (χ4n) is 5.76. The third-order valence-electron chi connectivity index (χ3n) is 7.76. The number of rotatable bonds is 5. The molecule has 0 radical (unpaired) electrons. The first kappa shape index (κ1) is 23.6. The minimum absolute atomic E-state index is 0.134. The normalized spacial score (nSPS) is 19.6. The van der Waals surface area contributed by atoms with E-state index >= 15 is 0 Å². The van der Waals surface area contributed by atoms with Gasteiger partial charge in [-0.25, -0.2) is 4.79 Å². The number of benzene rings is 2. The van der Waals surface area contributed by atoms with Crippen LogP contribution in [0, 0.1) is 12.8 Å². The molecule has 2 aromatic carbocycles. The quantitative estimate of drug-likeness (QED) is 0.553. The van der Waals surface area contributed by atoms with Gasteiger partial charge in [0.25, 0.3) is 0 Å². The van der Waals surface area contributed by atoms with Crippen LogP contribution in [0.3, 0.4) is 0 Å². The molecule has 3 aliphatic heterocycles. The summed E-state index contributed by atoms with van der Waals surface area (Å²) in [5.41, 5.74) is 6.59. The Morgan fingerprint density at radius 3 is 2.65 bits per heavy atom. The van der Waals surface area contributed by atoms with E-state index in [0.717, 1.165) is 67.5 Å². The molecule has 7 heteroatoms. The average molecular weight is 497 g/mol. The third kappa shape index (κ3) is 4.33. The number of para-hydroxylation sites is 1. The Bertz CT molecular complexity index is 1420. The number of hydrogen-bond donors (Lipinski definition) is 1. The lowest BCUT2D eigenvalue weighted by Gasteiger charge is -2.37. The average Bonchev–Trinajstić information content (AvgIpc) is 2.91. The minimum atomic E-state index is -0.880. The number of aryl methyl sites for hydroxylation is 1. The topological polar surface area (TPSA) is 69.1 Å². The SMILES string of the molecule is Cc1ccc2c(N3CCN(CCc4cccc5c4OCC4=C(C(=O)O)C(C)C=CN45)CC3)cccc2n1. The molecule has 0 saturated carbocycles. The van der Waals surface area contributed by atoms with E-state index in [0.29, 0.717) is 5.57 Å². The maximum absolute atomic E-state index is 11.9. The van der Waals surface area contributed by atoms with Crippen LogP contribution in [0.2, 0.25) is 0 Å². The molecule has 4 heterocycles. The van der Waals surface area contributed by atoms with Crippen molar-refractivity contribution in [3.05, 3.63) is 83.3 Å². The molecule has 1 fully saturated rings. The lowest BCUT2D eigenvalue weighted by Crippen LogP contribution is -2.47. The molecular weight excluding hydrogens is 464 g/mol. The van der Waals surface area contributed by atoms with Crippen LogP contribution in [0.4, 0.5) is 11.4 Å². The zero-order valence-corrected chi connectivity index (χ0v) is 21.4. The van der Waals surface area contributed by atoms with Gasteiger partial charge >= 0.3 is 5.97 Å². The molecule has 3 aromatic rings. The number of aromatic nitrogens is 1. The molecule has 0 aliphatic carbocycles. The molecule has 0 amide bonds. The third-order valence-corrected chi connectivity index (χ3v) is 7.76. The summed E-state index contributed by atoms with van der Waals surface area (Å²) in [6.45, 7) is 9.16. The molecule has 3 aliphatic rings. The fourth-order valence-corrected chi connectivity index (χ4v) is 5.76. The predicted molar refractivity (Wildman–Crippen MR) is 146 cm³/mol. The number of carbonyl (C=O) groups is 1. The highest BCUT2D eigenvalue weighted by molar-refractivity contribution is 5.92. The maximum Gasteiger partial charge on any atom is 0.334 e. The summed E-state index contributed by atoms with van der Waals surface area (Å²) in [7, 11) is 0. The van der Waals surface area contributed by atoms with Gasteiger partial charge in [0, 0.05) is 61.6 Å². The number of ether oxygens (including phenoxy) is 1. The first-order chi connectivity index (χ1) is 18.0. The van der Waals surface area contributed by atoms with E-state index in [2.05, 4.69) is 46.2 Å². The molecule has 1 unspecified atom stereocenters. The molecule has 6 rings (SSSR count). The Morgan fingerprint density at radius 2 is 1.84 bits per heavy atom. The van der Waals surface area contributed by atoms with Crippen LogP contribution >= 0.6 is 0 Å². The molecule has 1 N–H and O–H groups in total. The van der Waals surface area contributed by atoms with E-state index in [1.807, 2.05) is 43.2 Å². The van der Waals surface area contributed by atoms with Crippen molar-refractivity contribution in [1.82, 2.24) is 9.88 Å². The number of piperazine rings is 1. The highest BCUT2D eigenvalue weighted by Gasteiger charge is 2.32.